The minimum atomic E-state index is -2.65. The molecule has 1 amide bonds. The molecular weight excluding hydrogens is 518 g/mol. The van der Waals surface area contributed by atoms with Gasteiger partial charge in [0.15, 0.2) is 11.4 Å². The first-order chi connectivity index (χ1) is 19.1. The number of phenols is 1. The monoisotopic (exact) mass is 553 g/mol. The third kappa shape index (κ3) is 3.93. The zero-order valence-corrected chi connectivity index (χ0v) is 22.2. The molecule has 6 rings (SSSR count). The summed E-state index contributed by atoms with van der Waals surface area (Å²) in [6.07, 6.45) is 4.71. The molecule has 11 nitrogen and oxygen atoms in total. The zero-order chi connectivity index (χ0) is 28.3. The molecule has 5 aliphatic rings. The molecule has 4 atom stereocenters. The van der Waals surface area contributed by atoms with Gasteiger partial charge in [0.05, 0.1) is 11.6 Å². The number of hydrogen-bond donors (Lipinski definition) is 6. The number of aromatic hydroxyl groups is 1. The van der Waals surface area contributed by atoms with E-state index < -0.39 is 58.0 Å². The Balaban J connectivity index is 1.47. The van der Waals surface area contributed by atoms with Gasteiger partial charge in [-0.1, -0.05) is 0 Å². The van der Waals surface area contributed by atoms with Crippen LogP contribution < -0.4 is 16.0 Å². The summed E-state index contributed by atoms with van der Waals surface area (Å²) in [4.78, 5) is 42.1. The first-order valence-corrected chi connectivity index (χ1v) is 14.1. The number of carbonyl (C=O) groups is 3. The summed E-state index contributed by atoms with van der Waals surface area (Å²) in [5.41, 5.74) is 3.56. The molecule has 4 unspecified atom stereocenters. The van der Waals surface area contributed by atoms with E-state index in [4.69, 9.17) is 10.5 Å². The SMILES string of the molecule is NC(=O)C1=C(O)C2(O)C(=O)C3=C(O)c4c(O)ccc(N5CCCCC5)c4CC3CC2C(NC2CCOCC2)C1=O. The number of aliphatic hydroxyl groups is 3. The van der Waals surface area contributed by atoms with Gasteiger partial charge in [-0.25, -0.2) is 0 Å². The van der Waals surface area contributed by atoms with Crippen molar-refractivity contribution in [3.63, 3.8) is 0 Å². The minimum Gasteiger partial charge on any atom is -0.508 e. The molecule has 0 bridgehead atoms. The second kappa shape index (κ2) is 9.90. The highest BCUT2D eigenvalue weighted by Gasteiger charge is 2.64. The molecule has 1 saturated carbocycles. The fraction of sp³-hybridized carbons (Fsp3) is 0.552. The minimum absolute atomic E-state index is 0.0684. The van der Waals surface area contributed by atoms with Crippen LogP contribution in [0.25, 0.3) is 5.76 Å². The van der Waals surface area contributed by atoms with Crippen molar-refractivity contribution in [3.05, 3.63) is 40.2 Å². The molecule has 7 N–H and O–H groups in total. The Labute approximate surface area is 231 Å². The number of ketones is 2. The number of carbonyl (C=O) groups excluding carboxylic acids is 3. The molecule has 0 aromatic heterocycles. The lowest BCUT2D eigenvalue weighted by Crippen LogP contribution is -2.67. The van der Waals surface area contributed by atoms with Crippen molar-refractivity contribution in [2.75, 3.05) is 31.2 Å². The largest absolute Gasteiger partial charge is 0.508 e. The number of piperidine rings is 1. The Hall–Kier alpha value is -3.41. The molecule has 2 aliphatic heterocycles. The molecular formula is C29H35N3O8. The average Bonchev–Trinajstić information content (AvgIpc) is 2.94. The van der Waals surface area contributed by atoms with Crippen molar-refractivity contribution in [1.82, 2.24) is 5.32 Å². The van der Waals surface area contributed by atoms with E-state index in [2.05, 4.69) is 10.2 Å². The van der Waals surface area contributed by atoms with Crippen LogP contribution in [0.3, 0.4) is 0 Å². The summed E-state index contributed by atoms with van der Waals surface area (Å²) in [5.74, 6) is -6.46. The number of aliphatic hydroxyl groups excluding tert-OH is 2. The molecule has 1 aromatic rings. The summed E-state index contributed by atoms with van der Waals surface area (Å²) in [7, 11) is 0. The normalized spacial score (nSPS) is 31.1. The highest BCUT2D eigenvalue weighted by atomic mass is 16.5. The number of Topliss-reactive ketones (excluding diaryl/α,β-unsaturated/α-hetero) is 2. The number of primary amides is 1. The first-order valence-electron chi connectivity index (χ1n) is 14.1. The summed E-state index contributed by atoms with van der Waals surface area (Å²) in [5, 5.41) is 48.4. The zero-order valence-electron chi connectivity index (χ0n) is 22.2. The lowest BCUT2D eigenvalue weighted by atomic mass is 9.57. The highest BCUT2D eigenvalue weighted by Crippen LogP contribution is 2.53. The van der Waals surface area contributed by atoms with E-state index >= 15 is 0 Å². The molecule has 2 saturated heterocycles. The van der Waals surface area contributed by atoms with Crippen LogP contribution >= 0.6 is 0 Å². The Kier molecular flexibility index (Phi) is 6.63. The van der Waals surface area contributed by atoms with Gasteiger partial charge in [0.1, 0.15) is 22.8 Å². The second-order valence-electron chi connectivity index (χ2n) is 11.6. The van der Waals surface area contributed by atoms with Gasteiger partial charge in [0.25, 0.3) is 5.91 Å². The van der Waals surface area contributed by atoms with E-state index in [0.29, 0.717) is 38.0 Å². The number of amides is 1. The van der Waals surface area contributed by atoms with E-state index in [0.717, 1.165) is 38.0 Å². The summed E-state index contributed by atoms with van der Waals surface area (Å²) in [6.45, 7) is 2.61. The molecule has 0 spiro atoms. The van der Waals surface area contributed by atoms with Crippen LogP contribution in [0, 0.1) is 11.8 Å². The Morgan fingerprint density at radius 3 is 2.45 bits per heavy atom. The Morgan fingerprint density at radius 2 is 1.77 bits per heavy atom. The molecule has 214 valence electrons. The molecule has 3 aliphatic carbocycles. The second-order valence-corrected chi connectivity index (χ2v) is 11.6. The topological polar surface area (TPSA) is 183 Å². The smallest absolute Gasteiger partial charge is 0.255 e. The molecule has 1 aromatic carbocycles. The van der Waals surface area contributed by atoms with E-state index in [9.17, 15) is 34.8 Å². The third-order valence-electron chi connectivity index (χ3n) is 9.39. The van der Waals surface area contributed by atoms with Crippen molar-refractivity contribution >= 4 is 28.9 Å². The van der Waals surface area contributed by atoms with Crippen LogP contribution in [0.1, 0.15) is 49.7 Å². The van der Waals surface area contributed by atoms with Gasteiger partial charge < -0.3 is 41.1 Å². The van der Waals surface area contributed by atoms with Crippen molar-refractivity contribution < 1.29 is 39.5 Å². The van der Waals surface area contributed by atoms with Crippen molar-refractivity contribution in [1.29, 1.82) is 0 Å². The van der Waals surface area contributed by atoms with Gasteiger partial charge in [-0.3, -0.25) is 14.4 Å². The lowest BCUT2D eigenvalue weighted by Gasteiger charge is -2.50. The van der Waals surface area contributed by atoms with Crippen molar-refractivity contribution in [2.45, 2.75) is 62.6 Å². The van der Waals surface area contributed by atoms with Crippen LogP contribution in [0.4, 0.5) is 5.69 Å². The quantitative estimate of drug-likeness (QED) is 0.296. The summed E-state index contributed by atoms with van der Waals surface area (Å²) < 4.78 is 5.41. The number of fused-ring (bicyclic) bond motifs is 3. The van der Waals surface area contributed by atoms with E-state index in [1.165, 1.54) is 6.07 Å². The standard InChI is InChI=1S/C29H35N3O8/c30-28(38)22-25(35)23(31-15-6-10-40-11-7-15)17-13-14-12-16-18(32-8-2-1-3-9-32)4-5-19(33)21(16)24(34)20(14)26(36)29(17,39)27(22)37/h4-5,14-15,17,23,31,33-34,37,39H,1-3,6-13H2,(H2,30,38). The Bertz CT molecular complexity index is 1340. The molecule has 0 radical (unpaired) electrons. The number of phenolic OH excluding ortho intramolecular Hbond substituents is 1. The number of hydrogen-bond acceptors (Lipinski definition) is 10. The van der Waals surface area contributed by atoms with Gasteiger partial charge in [-0.2, -0.15) is 0 Å². The number of nitrogens with zero attached hydrogens (tertiary/aromatic N) is 1. The van der Waals surface area contributed by atoms with Gasteiger partial charge in [0.2, 0.25) is 5.78 Å². The first kappa shape index (κ1) is 26.8. The fourth-order valence-electron chi connectivity index (χ4n) is 7.40. The molecule has 11 heteroatoms. The predicted molar refractivity (Wildman–Crippen MR) is 144 cm³/mol. The molecule has 3 fully saturated rings. The predicted octanol–water partition coefficient (Wildman–Crippen LogP) is 1.16. The van der Waals surface area contributed by atoms with Crippen LogP contribution in [0.15, 0.2) is 29.0 Å². The number of rotatable bonds is 4. The molecule has 2 heterocycles. The maximum Gasteiger partial charge on any atom is 0.255 e. The van der Waals surface area contributed by atoms with E-state index in [-0.39, 0.29) is 29.3 Å². The fourth-order valence-corrected chi connectivity index (χ4v) is 7.40. The third-order valence-corrected chi connectivity index (χ3v) is 9.39. The van der Waals surface area contributed by atoms with Crippen molar-refractivity contribution in [3.8, 4) is 5.75 Å². The number of anilines is 1. The van der Waals surface area contributed by atoms with Gasteiger partial charge in [-0.15, -0.1) is 0 Å². The Morgan fingerprint density at radius 1 is 1.07 bits per heavy atom. The van der Waals surface area contributed by atoms with Gasteiger partial charge in [-0.05, 0) is 68.6 Å². The summed E-state index contributed by atoms with van der Waals surface area (Å²) in [6, 6.07) is 1.98. The van der Waals surface area contributed by atoms with Crippen LogP contribution in [0.2, 0.25) is 0 Å². The van der Waals surface area contributed by atoms with Crippen LogP contribution in [-0.4, -0.2) is 81.9 Å². The maximum atomic E-state index is 14.1. The number of ether oxygens (including phenoxy) is 1. The number of nitrogens with two attached hydrogens (primary N) is 1. The highest BCUT2D eigenvalue weighted by molar-refractivity contribution is 6.24. The summed E-state index contributed by atoms with van der Waals surface area (Å²) >= 11 is 0. The number of nitrogens with one attached hydrogen (secondary N) is 1. The van der Waals surface area contributed by atoms with Crippen LogP contribution in [0.5, 0.6) is 5.75 Å². The number of benzene rings is 1. The van der Waals surface area contributed by atoms with E-state index in [1.807, 2.05) is 6.07 Å². The maximum absolute atomic E-state index is 14.1. The van der Waals surface area contributed by atoms with Gasteiger partial charge >= 0.3 is 0 Å². The molecule has 40 heavy (non-hydrogen) atoms. The van der Waals surface area contributed by atoms with E-state index in [1.54, 1.807) is 0 Å². The van der Waals surface area contributed by atoms with Crippen molar-refractivity contribution in [2.24, 2.45) is 17.6 Å². The average molecular weight is 554 g/mol. The van der Waals surface area contributed by atoms with Crippen LogP contribution in [-0.2, 0) is 25.5 Å². The van der Waals surface area contributed by atoms with Gasteiger partial charge in [0, 0.05) is 49.5 Å². The lowest BCUT2D eigenvalue weighted by molar-refractivity contribution is -0.150.